The molecule has 0 aliphatic heterocycles. The quantitative estimate of drug-likeness (QED) is 0.641. The van der Waals surface area contributed by atoms with Crippen LogP contribution in [-0.2, 0) is 0 Å². The van der Waals surface area contributed by atoms with E-state index in [-0.39, 0.29) is 6.10 Å². The molecule has 0 aromatic heterocycles. The lowest BCUT2D eigenvalue weighted by Gasteiger charge is -2.54. The Kier molecular flexibility index (Phi) is 3.47. The Hall–Kier alpha value is -0.820. The van der Waals surface area contributed by atoms with Gasteiger partial charge in [0.05, 0.1) is 6.10 Å². The van der Waals surface area contributed by atoms with E-state index < -0.39 is 0 Å². The molecule has 3 saturated carbocycles. The summed E-state index contributed by atoms with van der Waals surface area (Å²) in [6.45, 7) is 11.6. The van der Waals surface area contributed by atoms with Crippen molar-refractivity contribution >= 4 is 0 Å². The molecular weight excluding hydrogens is 280 g/mol. The van der Waals surface area contributed by atoms with E-state index in [2.05, 4.69) is 39.5 Å². The van der Waals surface area contributed by atoms with Crippen molar-refractivity contribution in [3.8, 4) is 0 Å². The highest BCUT2D eigenvalue weighted by atomic mass is 16.3. The van der Waals surface area contributed by atoms with Crippen molar-refractivity contribution in [2.45, 2.75) is 71.8 Å². The van der Waals surface area contributed by atoms with Crippen molar-refractivity contribution in [2.75, 3.05) is 0 Å². The van der Waals surface area contributed by atoms with Gasteiger partial charge in [0.1, 0.15) is 0 Å². The molecule has 0 saturated heterocycles. The third kappa shape index (κ3) is 2.08. The fraction of sp³-hybridized carbons (Fsp3) is 0.727. The molecule has 0 heterocycles. The first-order valence-corrected chi connectivity index (χ1v) is 9.61. The topological polar surface area (TPSA) is 20.2 Å². The van der Waals surface area contributed by atoms with Gasteiger partial charge in [-0.2, -0.15) is 0 Å². The van der Waals surface area contributed by atoms with Gasteiger partial charge in [-0.3, -0.25) is 0 Å². The fourth-order valence-corrected chi connectivity index (χ4v) is 6.79. The molecule has 23 heavy (non-hydrogen) atoms. The van der Waals surface area contributed by atoms with Crippen LogP contribution >= 0.6 is 0 Å². The van der Waals surface area contributed by atoms with Crippen LogP contribution in [0.25, 0.3) is 0 Å². The molecule has 3 fully saturated rings. The summed E-state index contributed by atoms with van der Waals surface area (Å²) in [7, 11) is 0. The van der Waals surface area contributed by atoms with E-state index in [1.165, 1.54) is 36.8 Å². The second-order valence-electron chi connectivity index (χ2n) is 9.30. The zero-order valence-corrected chi connectivity index (χ0v) is 15.1. The molecule has 4 rings (SSSR count). The lowest BCUT2D eigenvalue weighted by molar-refractivity contribution is 0.0499. The van der Waals surface area contributed by atoms with Crippen LogP contribution in [-0.4, -0.2) is 11.2 Å². The van der Waals surface area contributed by atoms with Gasteiger partial charge in [-0.1, -0.05) is 49.3 Å². The van der Waals surface area contributed by atoms with Gasteiger partial charge in [-0.05, 0) is 80.5 Å². The van der Waals surface area contributed by atoms with E-state index in [0.29, 0.717) is 16.7 Å². The molecule has 0 aromatic rings. The van der Waals surface area contributed by atoms with E-state index in [4.69, 9.17) is 0 Å². The van der Waals surface area contributed by atoms with E-state index in [9.17, 15) is 5.11 Å². The predicted molar refractivity (Wildman–Crippen MR) is 96.0 cm³/mol. The third-order valence-electron chi connectivity index (χ3n) is 8.14. The second kappa shape index (κ2) is 5.09. The van der Waals surface area contributed by atoms with Crippen LogP contribution in [0.5, 0.6) is 0 Å². The van der Waals surface area contributed by atoms with Gasteiger partial charge in [0.2, 0.25) is 0 Å². The van der Waals surface area contributed by atoms with Crippen molar-refractivity contribution in [1.82, 2.24) is 0 Å². The molecule has 1 N–H and O–H groups in total. The van der Waals surface area contributed by atoms with Crippen molar-refractivity contribution in [3.05, 3.63) is 35.5 Å². The molecule has 0 unspecified atom stereocenters. The summed E-state index contributed by atoms with van der Waals surface area (Å²) >= 11 is 0. The molecule has 126 valence electrons. The zero-order chi connectivity index (χ0) is 16.4. The van der Waals surface area contributed by atoms with E-state index in [0.717, 1.165) is 31.1 Å². The van der Waals surface area contributed by atoms with Crippen LogP contribution in [0.15, 0.2) is 35.5 Å². The van der Waals surface area contributed by atoms with Crippen LogP contribution in [0.1, 0.15) is 65.7 Å². The Morgan fingerprint density at radius 3 is 2.61 bits per heavy atom. The first kappa shape index (κ1) is 15.7. The standard InChI is InChI=1S/C22H32O/c1-14(2)18-7-8-19-17-6-5-15-13-16(23)9-11-21(15,3)20(17)10-12-22(18,19)4/h5-6,16,18-20,23H,1,7-13H2,2-4H3/t16-,18+,19-,20-,21-,22+/m0/s1. The number of aliphatic hydroxyl groups excluding tert-OH is 1. The highest BCUT2D eigenvalue weighted by Gasteiger charge is 2.56. The summed E-state index contributed by atoms with van der Waals surface area (Å²) in [5.41, 5.74) is 5.40. The molecule has 4 aliphatic carbocycles. The molecule has 4 aliphatic rings. The average molecular weight is 312 g/mol. The van der Waals surface area contributed by atoms with Gasteiger partial charge >= 0.3 is 0 Å². The smallest absolute Gasteiger partial charge is 0.0578 e. The Bertz CT molecular complexity index is 597. The SMILES string of the molecule is C=C(C)[C@H]1CC[C@H]2C3=CC=C4C[C@@H](O)CC[C@]4(C)[C@H]3CC[C@]12C. The summed E-state index contributed by atoms with van der Waals surface area (Å²) in [4.78, 5) is 0. The van der Waals surface area contributed by atoms with Gasteiger partial charge in [0.15, 0.2) is 0 Å². The maximum atomic E-state index is 10.1. The lowest BCUT2D eigenvalue weighted by Crippen LogP contribution is -2.46. The van der Waals surface area contributed by atoms with Crippen LogP contribution < -0.4 is 0 Å². The van der Waals surface area contributed by atoms with E-state index in [1.807, 2.05) is 0 Å². The number of hydrogen-bond donors (Lipinski definition) is 1. The van der Waals surface area contributed by atoms with Crippen molar-refractivity contribution in [1.29, 1.82) is 0 Å². The summed E-state index contributed by atoms with van der Waals surface area (Å²) < 4.78 is 0. The number of aliphatic hydroxyl groups is 1. The fourth-order valence-electron chi connectivity index (χ4n) is 6.79. The maximum absolute atomic E-state index is 10.1. The molecule has 0 amide bonds. The van der Waals surface area contributed by atoms with Gasteiger partial charge in [-0.15, -0.1) is 0 Å². The Labute approximate surface area is 141 Å². The van der Waals surface area contributed by atoms with Crippen LogP contribution in [0, 0.1) is 28.6 Å². The number of fused-ring (bicyclic) bond motifs is 5. The van der Waals surface area contributed by atoms with Crippen LogP contribution in [0.4, 0.5) is 0 Å². The summed E-state index contributed by atoms with van der Waals surface area (Å²) in [6, 6.07) is 0. The number of rotatable bonds is 1. The lowest BCUT2D eigenvalue weighted by atomic mass is 9.50. The molecule has 0 bridgehead atoms. The normalized spacial score (nSPS) is 48.7. The monoisotopic (exact) mass is 312 g/mol. The summed E-state index contributed by atoms with van der Waals surface area (Å²) in [6.07, 6.45) is 13.1. The highest BCUT2D eigenvalue weighted by molar-refractivity contribution is 5.39. The van der Waals surface area contributed by atoms with Crippen molar-refractivity contribution in [3.63, 3.8) is 0 Å². The molecular formula is C22H32O. The minimum atomic E-state index is -0.114. The number of allylic oxidation sites excluding steroid dienone is 4. The van der Waals surface area contributed by atoms with Crippen LogP contribution in [0.3, 0.4) is 0 Å². The average Bonchev–Trinajstić information content (AvgIpc) is 2.85. The molecule has 6 atom stereocenters. The predicted octanol–water partition coefficient (Wildman–Crippen LogP) is 5.42. The third-order valence-corrected chi connectivity index (χ3v) is 8.14. The molecule has 0 aromatic carbocycles. The first-order valence-electron chi connectivity index (χ1n) is 9.61. The van der Waals surface area contributed by atoms with Gasteiger partial charge in [0.25, 0.3) is 0 Å². The molecule has 1 heteroatoms. The number of hydrogen-bond acceptors (Lipinski definition) is 1. The summed E-state index contributed by atoms with van der Waals surface area (Å²) in [5.74, 6) is 2.18. The Morgan fingerprint density at radius 1 is 1.09 bits per heavy atom. The van der Waals surface area contributed by atoms with Gasteiger partial charge in [-0.25, -0.2) is 0 Å². The highest BCUT2D eigenvalue weighted by Crippen LogP contribution is 2.65. The van der Waals surface area contributed by atoms with E-state index in [1.54, 1.807) is 5.57 Å². The minimum absolute atomic E-state index is 0.114. The first-order chi connectivity index (χ1) is 10.9. The Morgan fingerprint density at radius 2 is 1.87 bits per heavy atom. The van der Waals surface area contributed by atoms with Crippen molar-refractivity contribution in [2.24, 2.45) is 28.6 Å². The van der Waals surface area contributed by atoms with Gasteiger partial charge < -0.3 is 5.11 Å². The molecule has 1 nitrogen and oxygen atoms in total. The summed E-state index contributed by atoms with van der Waals surface area (Å²) in [5, 5.41) is 10.1. The van der Waals surface area contributed by atoms with Gasteiger partial charge in [0, 0.05) is 0 Å². The van der Waals surface area contributed by atoms with Crippen LogP contribution in [0.2, 0.25) is 0 Å². The molecule has 0 radical (unpaired) electrons. The maximum Gasteiger partial charge on any atom is 0.0578 e. The zero-order valence-electron chi connectivity index (χ0n) is 15.1. The van der Waals surface area contributed by atoms with E-state index >= 15 is 0 Å². The largest absolute Gasteiger partial charge is 0.393 e. The second-order valence-corrected chi connectivity index (χ2v) is 9.30. The molecule has 0 spiro atoms. The minimum Gasteiger partial charge on any atom is -0.393 e. The Balaban J connectivity index is 1.72. The van der Waals surface area contributed by atoms with Crippen molar-refractivity contribution < 1.29 is 5.11 Å².